The first kappa shape index (κ1) is 15.7. The average molecular weight is 439 g/mol. The Morgan fingerprint density at radius 2 is 2.37 bits per heavy atom. The van der Waals surface area contributed by atoms with Crippen molar-refractivity contribution in [2.45, 2.75) is 44.2 Å². The van der Waals surface area contributed by atoms with Gasteiger partial charge in [-0.25, -0.2) is 0 Å². The highest BCUT2D eigenvalue weighted by Gasteiger charge is 2.17. The van der Waals surface area contributed by atoms with Crippen LogP contribution in [0.4, 0.5) is 0 Å². The third-order valence-electron chi connectivity index (χ3n) is 3.58. The smallest absolute Gasteiger partial charge is 0.0576 e. The fourth-order valence-corrected chi connectivity index (χ4v) is 3.57. The maximum absolute atomic E-state index is 5.71. The van der Waals surface area contributed by atoms with Crippen molar-refractivity contribution < 1.29 is 4.74 Å². The third-order valence-corrected chi connectivity index (χ3v) is 4.97. The van der Waals surface area contributed by atoms with E-state index in [2.05, 4.69) is 62.1 Å². The Bertz CT molecular complexity index is 410. The maximum atomic E-state index is 5.71. The molecular weight excluding hydrogens is 419 g/mol. The summed E-state index contributed by atoms with van der Waals surface area (Å²) in [6, 6.07) is 6.56. The zero-order valence-electron chi connectivity index (χ0n) is 10.9. The van der Waals surface area contributed by atoms with Gasteiger partial charge in [0.2, 0.25) is 0 Å². The number of nitrogens with two attached hydrogens (primary N) is 1. The van der Waals surface area contributed by atoms with Crippen LogP contribution in [-0.4, -0.2) is 12.7 Å². The van der Waals surface area contributed by atoms with Gasteiger partial charge >= 0.3 is 0 Å². The van der Waals surface area contributed by atoms with Crippen LogP contribution in [0.25, 0.3) is 0 Å². The fraction of sp³-hybridized carbons (Fsp3) is 0.571. The lowest BCUT2D eigenvalue weighted by atomic mass is 10.00. The van der Waals surface area contributed by atoms with Crippen molar-refractivity contribution in [3.63, 3.8) is 0 Å². The van der Waals surface area contributed by atoms with Crippen LogP contribution in [0, 0.1) is 3.57 Å². The average Bonchev–Trinajstić information content (AvgIpc) is 2.91. The standard InChI is InChI=1S/C14H20BrIN2O/c15-13-7-6-10(16)9-12(13)14(18-17)5-1-3-11-4-2-8-19-11/h6-7,9,11,14,18H,1-5,8,17H2. The Morgan fingerprint density at radius 1 is 1.53 bits per heavy atom. The number of hydrogen-bond acceptors (Lipinski definition) is 3. The molecule has 0 amide bonds. The summed E-state index contributed by atoms with van der Waals surface area (Å²) in [6.45, 7) is 0.936. The molecule has 1 saturated heterocycles. The molecule has 19 heavy (non-hydrogen) atoms. The molecule has 0 bridgehead atoms. The van der Waals surface area contributed by atoms with Gasteiger partial charge in [-0.2, -0.15) is 0 Å². The van der Waals surface area contributed by atoms with E-state index in [0.717, 1.165) is 30.3 Å². The summed E-state index contributed by atoms with van der Waals surface area (Å²) >= 11 is 5.94. The highest BCUT2D eigenvalue weighted by Crippen LogP contribution is 2.29. The zero-order chi connectivity index (χ0) is 13.7. The molecular formula is C14H20BrIN2O. The largest absolute Gasteiger partial charge is 0.378 e. The van der Waals surface area contributed by atoms with Crippen LogP contribution in [0.3, 0.4) is 0 Å². The molecule has 0 spiro atoms. The van der Waals surface area contributed by atoms with Crippen molar-refractivity contribution in [3.8, 4) is 0 Å². The fourth-order valence-electron chi connectivity index (χ4n) is 2.53. The van der Waals surface area contributed by atoms with E-state index in [0.29, 0.717) is 6.10 Å². The van der Waals surface area contributed by atoms with E-state index < -0.39 is 0 Å². The Labute approximate surface area is 136 Å². The molecule has 1 aromatic carbocycles. The van der Waals surface area contributed by atoms with Crippen LogP contribution in [0.1, 0.15) is 43.7 Å². The molecule has 1 aromatic rings. The van der Waals surface area contributed by atoms with Crippen molar-refractivity contribution in [2.24, 2.45) is 5.84 Å². The van der Waals surface area contributed by atoms with Crippen LogP contribution in [-0.2, 0) is 4.74 Å². The first-order valence-corrected chi connectivity index (χ1v) is 8.60. The number of halogens is 2. The van der Waals surface area contributed by atoms with E-state index in [4.69, 9.17) is 10.6 Å². The molecule has 106 valence electrons. The van der Waals surface area contributed by atoms with Gasteiger partial charge < -0.3 is 4.74 Å². The molecule has 1 fully saturated rings. The van der Waals surface area contributed by atoms with Crippen LogP contribution in [0.15, 0.2) is 22.7 Å². The van der Waals surface area contributed by atoms with Gasteiger partial charge in [-0.05, 0) is 78.5 Å². The lowest BCUT2D eigenvalue weighted by molar-refractivity contribution is 0.101. The topological polar surface area (TPSA) is 47.3 Å². The molecule has 0 saturated carbocycles. The molecule has 5 heteroatoms. The molecule has 1 heterocycles. The highest BCUT2D eigenvalue weighted by atomic mass is 127. The van der Waals surface area contributed by atoms with Crippen molar-refractivity contribution in [3.05, 3.63) is 31.8 Å². The zero-order valence-corrected chi connectivity index (χ0v) is 14.6. The number of ether oxygens (including phenoxy) is 1. The maximum Gasteiger partial charge on any atom is 0.0576 e. The number of rotatable bonds is 6. The van der Waals surface area contributed by atoms with Crippen molar-refractivity contribution in [1.82, 2.24) is 5.43 Å². The summed E-state index contributed by atoms with van der Waals surface area (Å²) < 4.78 is 8.00. The van der Waals surface area contributed by atoms with Crippen LogP contribution >= 0.6 is 38.5 Å². The summed E-state index contributed by atoms with van der Waals surface area (Å²) in [5, 5.41) is 0. The molecule has 0 radical (unpaired) electrons. The molecule has 0 aliphatic carbocycles. The monoisotopic (exact) mass is 438 g/mol. The minimum atomic E-state index is 0.200. The van der Waals surface area contributed by atoms with Gasteiger partial charge in [-0.3, -0.25) is 11.3 Å². The minimum absolute atomic E-state index is 0.200. The summed E-state index contributed by atoms with van der Waals surface area (Å²) in [6.07, 6.45) is 6.21. The Morgan fingerprint density at radius 3 is 3.05 bits per heavy atom. The SMILES string of the molecule is NNC(CCCC1CCCO1)c1cc(I)ccc1Br. The molecule has 2 unspecified atom stereocenters. The van der Waals surface area contributed by atoms with Crippen LogP contribution in [0.5, 0.6) is 0 Å². The number of hydrogen-bond donors (Lipinski definition) is 2. The van der Waals surface area contributed by atoms with Gasteiger partial charge in [-0.1, -0.05) is 15.9 Å². The molecule has 2 atom stereocenters. The van der Waals surface area contributed by atoms with Gasteiger partial charge in [0, 0.05) is 20.7 Å². The predicted molar refractivity (Wildman–Crippen MR) is 89.7 cm³/mol. The van der Waals surface area contributed by atoms with Gasteiger partial charge in [0.05, 0.1) is 6.10 Å². The van der Waals surface area contributed by atoms with E-state index >= 15 is 0 Å². The summed E-state index contributed by atoms with van der Waals surface area (Å²) in [4.78, 5) is 0. The highest BCUT2D eigenvalue weighted by molar-refractivity contribution is 14.1. The van der Waals surface area contributed by atoms with Crippen LogP contribution in [0.2, 0.25) is 0 Å². The van der Waals surface area contributed by atoms with Gasteiger partial charge in [0.25, 0.3) is 0 Å². The first-order chi connectivity index (χ1) is 9.20. The molecule has 3 nitrogen and oxygen atoms in total. The van der Waals surface area contributed by atoms with E-state index in [1.54, 1.807) is 0 Å². The van der Waals surface area contributed by atoms with E-state index in [-0.39, 0.29) is 6.04 Å². The number of hydrazine groups is 1. The number of nitrogens with one attached hydrogen (secondary N) is 1. The van der Waals surface area contributed by atoms with E-state index in [1.807, 2.05) is 0 Å². The van der Waals surface area contributed by atoms with Crippen LogP contribution < -0.4 is 11.3 Å². The lowest BCUT2D eigenvalue weighted by Crippen LogP contribution is -2.28. The Balaban J connectivity index is 1.89. The minimum Gasteiger partial charge on any atom is -0.378 e. The van der Waals surface area contributed by atoms with Gasteiger partial charge in [0.1, 0.15) is 0 Å². The van der Waals surface area contributed by atoms with E-state index in [9.17, 15) is 0 Å². The summed E-state index contributed by atoms with van der Waals surface area (Å²) in [7, 11) is 0. The third kappa shape index (κ3) is 4.67. The lowest BCUT2D eigenvalue weighted by Gasteiger charge is -2.19. The first-order valence-electron chi connectivity index (χ1n) is 6.73. The Hall–Kier alpha value is 0.310. The van der Waals surface area contributed by atoms with Crippen molar-refractivity contribution in [2.75, 3.05) is 6.61 Å². The second kappa shape index (κ2) is 7.93. The summed E-state index contributed by atoms with van der Waals surface area (Å²) in [5.41, 5.74) is 4.18. The molecule has 1 aliphatic heterocycles. The predicted octanol–water partition coefficient (Wildman–Crippen LogP) is 3.91. The second-order valence-electron chi connectivity index (χ2n) is 4.95. The quantitative estimate of drug-likeness (QED) is 0.402. The molecule has 3 N–H and O–H groups in total. The molecule has 0 aromatic heterocycles. The normalized spacial score (nSPS) is 20.7. The second-order valence-corrected chi connectivity index (χ2v) is 7.05. The van der Waals surface area contributed by atoms with E-state index in [1.165, 1.54) is 22.0 Å². The molecule has 2 rings (SSSR count). The van der Waals surface area contributed by atoms with Gasteiger partial charge in [0.15, 0.2) is 0 Å². The number of benzene rings is 1. The van der Waals surface area contributed by atoms with Gasteiger partial charge in [-0.15, -0.1) is 0 Å². The molecule has 1 aliphatic rings. The Kier molecular flexibility index (Phi) is 6.55. The van der Waals surface area contributed by atoms with Crippen molar-refractivity contribution in [1.29, 1.82) is 0 Å². The van der Waals surface area contributed by atoms with Crippen molar-refractivity contribution >= 4 is 38.5 Å². The summed E-state index contributed by atoms with van der Waals surface area (Å²) in [5.74, 6) is 5.71.